The van der Waals surface area contributed by atoms with Gasteiger partial charge in [-0.3, -0.25) is 0 Å². The van der Waals surface area contributed by atoms with Crippen molar-refractivity contribution in [3.8, 4) is 0 Å². The van der Waals surface area contributed by atoms with E-state index in [-0.39, 0.29) is 10.6 Å². The zero-order valence-corrected chi connectivity index (χ0v) is 11.5. The van der Waals surface area contributed by atoms with Crippen LogP contribution in [0.4, 0.5) is 5.69 Å². The molecule has 0 radical (unpaired) electrons. The lowest BCUT2D eigenvalue weighted by Crippen LogP contribution is -2.26. The number of aryl methyl sites for hydroxylation is 1. The molecule has 0 atom stereocenters. The van der Waals surface area contributed by atoms with E-state index in [2.05, 4.69) is 4.90 Å². The summed E-state index contributed by atoms with van der Waals surface area (Å²) in [6, 6.07) is 5.15. The van der Waals surface area contributed by atoms with Crippen LogP contribution in [-0.4, -0.2) is 38.7 Å². The van der Waals surface area contributed by atoms with Crippen LogP contribution >= 0.6 is 0 Å². The van der Waals surface area contributed by atoms with Gasteiger partial charge in [0.25, 0.3) is 0 Å². The summed E-state index contributed by atoms with van der Waals surface area (Å²) in [5.41, 5.74) is 7.04. The maximum atomic E-state index is 12.3. The van der Waals surface area contributed by atoms with Gasteiger partial charge in [0.05, 0.1) is 16.3 Å². The molecule has 0 saturated carbocycles. The second kappa shape index (κ2) is 5.28. The molecule has 5 heteroatoms. The van der Waals surface area contributed by atoms with Gasteiger partial charge in [-0.15, -0.1) is 0 Å². The van der Waals surface area contributed by atoms with E-state index < -0.39 is 9.84 Å². The molecule has 1 heterocycles. The third-order valence-electron chi connectivity index (χ3n) is 3.38. The Morgan fingerprint density at radius 2 is 1.94 bits per heavy atom. The zero-order chi connectivity index (χ0) is 13.2. The minimum atomic E-state index is -3.27. The second-order valence-electron chi connectivity index (χ2n) is 4.91. The van der Waals surface area contributed by atoms with Crippen LogP contribution in [0.2, 0.25) is 0 Å². The van der Waals surface area contributed by atoms with E-state index in [1.54, 1.807) is 12.1 Å². The molecule has 1 aliphatic heterocycles. The quantitative estimate of drug-likeness (QED) is 0.839. The molecule has 4 nitrogen and oxygen atoms in total. The van der Waals surface area contributed by atoms with Gasteiger partial charge in [0.2, 0.25) is 0 Å². The fourth-order valence-electron chi connectivity index (χ4n) is 2.28. The van der Waals surface area contributed by atoms with E-state index in [1.807, 2.05) is 13.0 Å². The summed E-state index contributed by atoms with van der Waals surface area (Å²) in [4.78, 5) is 2.48. The zero-order valence-electron chi connectivity index (χ0n) is 10.7. The molecule has 18 heavy (non-hydrogen) atoms. The van der Waals surface area contributed by atoms with Crippen LogP contribution in [0, 0.1) is 6.92 Å². The number of benzene rings is 1. The van der Waals surface area contributed by atoms with Crippen LogP contribution in [0.1, 0.15) is 18.4 Å². The van der Waals surface area contributed by atoms with Gasteiger partial charge in [-0.05, 0) is 50.6 Å². The number of hydrogen-bond acceptors (Lipinski definition) is 4. The van der Waals surface area contributed by atoms with Crippen LogP contribution in [0.25, 0.3) is 0 Å². The summed E-state index contributed by atoms with van der Waals surface area (Å²) in [6.07, 6.45) is 2.35. The second-order valence-corrected chi connectivity index (χ2v) is 6.99. The minimum absolute atomic E-state index is 0.153. The maximum absolute atomic E-state index is 12.3. The van der Waals surface area contributed by atoms with Crippen LogP contribution < -0.4 is 5.73 Å². The van der Waals surface area contributed by atoms with E-state index in [0.717, 1.165) is 18.7 Å². The Bertz CT molecular complexity index is 520. The van der Waals surface area contributed by atoms with Gasteiger partial charge in [0.1, 0.15) is 0 Å². The number of nitrogen functional groups attached to an aromatic ring is 1. The van der Waals surface area contributed by atoms with Gasteiger partial charge in [-0.1, -0.05) is 6.07 Å². The molecule has 2 rings (SSSR count). The van der Waals surface area contributed by atoms with Gasteiger partial charge in [0.15, 0.2) is 9.84 Å². The smallest absolute Gasteiger partial charge is 0.181 e. The average Bonchev–Trinajstić information content (AvgIpc) is 2.83. The third-order valence-corrected chi connectivity index (χ3v) is 5.12. The van der Waals surface area contributed by atoms with Gasteiger partial charge < -0.3 is 10.6 Å². The Balaban J connectivity index is 2.12. The summed E-state index contributed by atoms with van der Waals surface area (Å²) >= 11 is 0. The summed E-state index contributed by atoms with van der Waals surface area (Å²) in [5, 5.41) is 0. The predicted molar refractivity (Wildman–Crippen MR) is 73.3 cm³/mol. The Hall–Kier alpha value is -1.07. The van der Waals surface area contributed by atoms with Gasteiger partial charge >= 0.3 is 0 Å². The molecule has 1 fully saturated rings. The van der Waals surface area contributed by atoms with Crippen molar-refractivity contribution in [2.24, 2.45) is 0 Å². The SMILES string of the molecule is Cc1ccc(N)c(S(=O)(=O)CCN2CCCC2)c1. The summed E-state index contributed by atoms with van der Waals surface area (Å²) in [6.45, 7) is 4.51. The Labute approximate surface area is 109 Å². The highest BCUT2D eigenvalue weighted by molar-refractivity contribution is 7.91. The molecule has 0 amide bonds. The number of nitrogens with zero attached hydrogens (tertiary/aromatic N) is 1. The standard InChI is InChI=1S/C13H20N2O2S/c1-11-4-5-12(14)13(10-11)18(16,17)9-8-15-6-2-3-7-15/h4-5,10H,2-3,6-9,14H2,1H3. The Morgan fingerprint density at radius 1 is 1.28 bits per heavy atom. The van der Waals surface area contributed by atoms with Gasteiger partial charge in [-0.25, -0.2) is 8.42 Å². The van der Waals surface area contributed by atoms with Crippen LogP contribution in [0.3, 0.4) is 0 Å². The van der Waals surface area contributed by atoms with Crippen molar-refractivity contribution in [3.63, 3.8) is 0 Å². The molecule has 0 bridgehead atoms. The van der Waals surface area contributed by atoms with Crippen LogP contribution in [-0.2, 0) is 9.84 Å². The largest absolute Gasteiger partial charge is 0.398 e. The maximum Gasteiger partial charge on any atom is 0.181 e. The first-order chi connectivity index (χ1) is 8.49. The molecule has 1 aliphatic rings. The van der Waals surface area contributed by atoms with Crippen molar-refractivity contribution in [1.82, 2.24) is 4.90 Å². The Kier molecular flexibility index (Phi) is 3.92. The molecule has 1 aromatic rings. The molecule has 0 aliphatic carbocycles. The normalized spacial score (nSPS) is 17.2. The van der Waals surface area contributed by atoms with Crippen molar-refractivity contribution in [1.29, 1.82) is 0 Å². The fourth-order valence-corrected chi connectivity index (χ4v) is 3.79. The van der Waals surface area contributed by atoms with Crippen molar-refractivity contribution in [2.45, 2.75) is 24.7 Å². The predicted octanol–water partition coefficient (Wildman–Crippen LogP) is 1.45. The molecule has 100 valence electrons. The number of hydrogen-bond donors (Lipinski definition) is 1. The molecule has 0 spiro atoms. The summed E-state index contributed by atoms with van der Waals surface area (Å²) in [7, 11) is -3.27. The minimum Gasteiger partial charge on any atom is -0.398 e. The first kappa shape index (κ1) is 13.4. The molecule has 0 aromatic heterocycles. The van der Waals surface area contributed by atoms with E-state index in [0.29, 0.717) is 12.2 Å². The molecular formula is C13H20N2O2S. The lowest BCUT2D eigenvalue weighted by molar-refractivity contribution is 0.359. The van der Waals surface area contributed by atoms with Crippen molar-refractivity contribution >= 4 is 15.5 Å². The number of rotatable bonds is 4. The Morgan fingerprint density at radius 3 is 2.61 bits per heavy atom. The van der Waals surface area contributed by atoms with Crippen LogP contribution in [0.15, 0.2) is 23.1 Å². The first-order valence-electron chi connectivity index (χ1n) is 6.30. The molecule has 1 aromatic carbocycles. The highest BCUT2D eigenvalue weighted by Gasteiger charge is 2.20. The third kappa shape index (κ3) is 3.03. The number of likely N-dealkylation sites (tertiary alicyclic amines) is 1. The first-order valence-corrected chi connectivity index (χ1v) is 7.95. The number of nitrogens with two attached hydrogens (primary N) is 1. The van der Waals surface area contributed by atoms with E-state index in [1.165, 1.54) is 12.8 Å². The molecule has 0 unspecified atom stereocenters. The highest BCUT2D eigenvalue weighted by atomic mass is 32.2. The molecule has 1 saturated heterocycles. The molecular weight excluding hydrogens is 248 g/mol. The lowest BCUT2D eigenvalue weighted by atomic mass is 10.2. The fraction of sp³-hybridized carbons (Fsp3) is 0.538. The van der Waals surface area contributed by atoms with E-state index in [9.17, 15) is 8.42 Å². The van der Waals surface area contributed by atoms with E-state index in [4.69, 9.17) is 5.73 Å². The lowest BCUT2D eigenvalue weighted by Gasteiger charge is -2.15. The summed E-state index contributed by atoms with van der Waals surface area (Å²) in [5.74, 6) is 0.153. The number of sulfone groups is 1. The topological polar surface area (TPSA) is 63.4 Å². The summed E-state index contributed by atoms with van der Waals surface area (Å²) < 4.78 is 24.5. The van der Waals surface area contributed by atoms with Crippen LogP contribution in [0.5, 0.6) is 0 Å². The molecule has 2 N–H and O–H groups in total. The monoisotopic (exact) mass is 268 g/mol. The van der Waals surface area contributed by atoms with Crippen molar-refractivity contribution in [2.75, 3.05) is 31.1 Å². The van der Waals surface area contributed by atoms with Crippen molar-refractivity contribution < 1.29 is 8.42 Å². The highest BCUT2D eigenvalue weighted by Crippen LogP contribution is 2.21. The van der Waals surface area contributed by atoms with Gasteiger partial charge in [0, 0.05) is 6.54 Å². The van der Waals surface area contributed by atoms with E-state index >= 15 is 0 Å². The van der Waals surface area contributed by atoms with Gasteiger partial charge in [-0.2, -0.15) is 0 Å². The average molecular weight is 268 g/mol. The number of anilines is 1. The van der Waals surface area contributed by atoms with Crippen molar-refractivity contribution in [3.05, 3.63) is 23.8 Å².